The predicted molar refractivity (Wildman–Crippen MR) is 124 cm³/mol. The Morgan fingerprint density at radius 3 is 2.52 bits per heavy atom. The molecule has 0 aliphatic rings. The summed E-state index contributed by atoms with van der Waals surface area (Å²) in [4.78, 5) is 20.0. The molecule has 4 aromatic rings. The van der Waals surface area contributed by atoms with Crippen molar-refractivity contribution in [2.45, 2.75) is 36.6 Å². The summed E-state index contributed by atoms with van der Waals surface area (Å²) in [5, 5.41) is 9.21. The Morgan fingerprint density at radius 2 is 1.79 bits per heavy atom. The fourth-order valence-corrected chi connectivity index (χ4v) is 6.79. The van der Waals surface area contributed by atoms with Gasteiger partial charge in [0.25, 0.3) is 10.0 Å². The van der Waals surface area contributed by atoms with Crippen LogP contribution >= 0.6 is 0 Å². The lowest BCUT2D eigenvalue weighted by Gasteiger charge is -2.13. The lowest BCUT2D eigenvalue weighted by atomic mass is 10.1. The molecule has 0 amide bonds. The zero-order valence-corrected chi connectivity index (χ0v) is 19.8. The van der Waals surface area contributed by atoms with Gasteiger partial charge in [0.2, 0.25) is 5.16 Å². The SMILES string of the molecule is Cc1ccc(C(=O)O)cc1S(=O)(=O)n1c(S(=O)Cc2nccc(C)c2C)nc2ccccc21. The van der Waals surface area contributed by atoms with Gasteiger partial charge < -0.3 is 5.11 Å². The maximum atomic E-state index is 13.8. The molecule has 0 radical (unpaired) electrons. The number of rotatable bonds is 6. The molecule has 1 N–H and O–H groups in total. The van der Waals surface area contributed by atoms with Gasteiger partial charge >= 0.3 is 5.97 Å². The van der Waals surface area contributed by atoms with Gasteiger partial charge in [-0.25, -0.2) is 22.2 Å². The summed E-state index contributed by atoms with van der Waals surface area (Å²) >= 11 is 0. The maximum absolute atomic E-state index is 13.8. The number of nitrogens with zero attached hydrogens (tertiary/aromatic N) is 3. The quantitative estimate of drug-likeness (QED) is 0.445. The third-order valence-corrected chi connectivity index (χ3v) is 8.67. The van der Waals surface area contributed by atoms with Crippen LogP contribution in [0.5, 0.6) is 0 Å². The number of imidazole rings is 1. The number of benzene rings is 2. The van der Waals surface area contributed by atoms with Crippen molar-refractivity contribution in [3.63, 3.8) is 0 Å². The number of para-hydroxylation sites is 2. The highest BCUT2D eigenvalue weighted by Crippen LogP contribution is 2.28. The van der Waals surface area contributed by atoms with Gasteiger partial charge in [0.15, 0.2) is 0 Å². The van der Waals surface area contributed by atoms with E-state index in [0.717, 1.165) is 21.2 Å². The number of pyridine rings is 1. The summed E-state index contributed by atoms with van der Waals surface area (Å²) < 4.78 is 42.0. The van der Waals surface area contributed by atoms with Gasteiger partial charge in [-0.1, -0.05) is 18.2 Å². The van der Waals surface area contributed by atoms with Crippen molar-refractivity contribution in [2.24, 2.45) is 0 Å². The largest absolute Gasteiger partial charge is 0.478 e. The first kappa shape index (κ1) is 22.8. The molecular weight excluding hydrogens is 462 g/mol. The molecule has 0 aliphatic heterocycles. The van der Waals surface area contributed by atoms with Crippen molar-refractivity contribution < 1.29 is 22.5 Å². The fourth-order valence-electron chi connectivity index (χ4n) is 3.49. The Hall–Kier alpha value is -3.37. The van der Waals surface area contributed by atoms with Crippen molar-refractivity contribution >= 4 is 37.8 Å². The average Bonchev–Trinajstić information content (AvgIpc) is 3.17. The third kappa shape index (κ3) is 4.07. The van der Waals surface area contributed by atoms with E-state index in [0.29, 0.717) is 16.8 Å². The van der Waals surface area contributed by atoms with Gasteiger partial charge in [-0.05, 0) is 67.8 Å². The standard InChI is InChI=1S/C23H21N3O5S2/c1-14-10-11-24-19(16(14)3)13-32(29)23-25-18-6-4-5-7-20(18)26(23)33(30,31)21-12-17(22(27)28)9-8-15(21)2/h4-12H,13H2,1-3H3,(H,27,28). The van der Waals surface area contributed by atoms with E-state index >= 15 is 0 Å². The molecule has 0 bridgehead atoms. The van der Waals surface area contributed by atoms with E-state index in [4.69, 9.17) is 0 Å². The van der Waals surface area contributed by atoms with E-state index in [9.17, 15) is 22.5 Å². The molecule has 0 spiro atoms. The van der Waals surface area contributed by atoms with Crippen LogP contribution < -0.4 is 0 Å². The van der Waals surface area contributed by atoms with Crippen molar-refractivity contribution in [3.05, 3.63) is 82.7 Å². The zero-order chi connectivity index (χ0) is 23.9. The number of carboxylic acids is 1. The second kappa shape index (κ2) is 8.53. The highest BCUT2D eigenvalue weighted by Gasteiger charge is 2.29. The summed E-state index contributed by atoms with van der Waals surface area (Å²) in [5.74, 6) is -1.26. The average molecular weight is 484 g/mol. The molecule has 0 aliphatic carbocycles. The number of aromatic nitrogens is 3. The predicted octanol–water partition coefficient (Wildman–Crippen LogP) is 3.60. The second-order valence-corrected chi connectivity index (χ2v) is 10.7. The van der Waals surface area contributed by atoms with E-state index < -0.39 is 26.8 Å². The second-order valence-electron chi connectivity index (χ2n) is 7.63. The maximum Gasteiger partial charge on any atom is 0.335 e. The van der Waals surface area contributed by atoms with E-state index in [1.807, 2.05) is 19.9 Å². The summed E-state index contributed by atoms with van der Waals surface area (Å²) in [7, 11) is -6.16. The molecule has 2 aromatic heterocycles. The van der Waals surface area contributed by atoms with Crippen molar-refractivity contribution in [3.8, 4) is 0 Å². The summed E-state index contributed by atoms with van der Waals surface area (Å²) in [6, 6.07) is 12.3. The molecule has 0 fully saturated rings. The number of aromatic carboxylic acids is 1. The van der Waals surface area contributed by atoms with E-state index in [2.05, 4.69) is 9.97 Å². The van der Waals surface area contributed by atoms with Crippen LogP contribution in [0.15, 0.2) is 64.8 Å². The number of carboxylic acid groups (broad SMARTS) is 1. The first-order valence-corrected chi connectivity index (χ1v) is 12.7. The summed E-state index contributed by atoms with van der Waals surface area (Å²) in [6.45, 7) is 5.37. The molecular formula is C23H21N3O5S2. The van der Waals surface area contributed by atoms with Crippen molar-refractivity contribution in [1.29, 1.82) is 0 Å². The molecule has 10 heteroatoms. The monoisotopic (exact) mass is 483 g/mol. The van der Waals surface area contributed by atoms with Crippen LogP contribution in [0.3, 0.4) is 0 Å². The van der Waals surface area contributed by atoms with Crippen LogP contribution in [0.4, 0.5) is 0 Å². The first-order chi connectivity index (χ1) is 15.6. The number of hydrogen-bond acceptors (Lipinski definition) is 6. The van der Waals surface area contributed by atoms with Gasteiger partial charge in [0.05, 0.1) is 43.7 Å². The highest BCUT2D eigenvalue weighted by atomic mass is 32.2. The lowest BCUT2D eigenvalue weighted by Crippen LogP contribution is -2.19. The normalized spacial score (nSPS) is 12.7. The lowest BCUT2D eigenvalue weighted by molar-refractivity contribution is 0.0696. The third-order valence-electron chi connectivity index (χ3n) is 5.49. The van der Waals surface area contributed by atoms with E-state index in [-0.39, 0.29) is 26.9 Å². The Kier molecular flexibility index (Phi) is 5.89. The van der Waals surface area contributed by atoms with Gasteiger partial charge in [0.1, 0.15) is 0 Å². The Bertz CT molecular complexity index is 1540. The van der Waals surface area contributed by atoms with Gasteiger partial charge in [-0.2, -0.15) is 0 Å². The topological polar surface area (TPSA) is 119 Å². The van der Waals surface area contributed by atoms with Crippen molar-refractivity contribution in [1.82, 2.24) is 13.9 Å². The summed E-state index contributed by atoms with van der Waals surface area (Å²) in [6.07, 6.45) is 1.62. The minimum absolute atomic E-state index is 0.0134. The smallest absolute Gasteiger partial charge is 0.335 e. The molecule has 0 saturated heterocycles. The van der Waals surface area contributed by atoms with Crippen LogP contribution in [-0.2, 0) is 26.6 Å². The van der Waals surface area contributed by atoms with Crippen molar-refractivity contribution in [2.75, 3.05) is 0 Å². The molecule has 170 valence electrons. The molecule has 2 heterocycles. The number of hydrogen-bond donors (Lipinski definition) is 1. The summed E-state index contributed by atoms with van der Waals surface area (Å²) in [5.41, 5.74) is 3.28. The molecule has 1 atom stereocenters. The van der Waals surface area contributed by atoms with Gasteiger partial charge in [-0.3, -0.25) is 9.19 Å². The van der Waals surface area contributed by atoms with Crippen LogP contribution in [0, 0.1) is 20.8 Å². The Morgan fingerprint density at radius 1 is 1.06 bits per heavy atom. The van der Waals surface area contributed by atoms with Crippen LogP contribution in [0.1, 0.15) is 32.7 Å². The number of carbonyl (C=O) groups is 1. The molecule has 4 rings (SSSR count). The van der Waals surface area contributed by atoms with Crippen LogP contribution in [0.2, 0.25) is 0 Å². The van der Waals surface area contributed by atoms with Crippen LogP contribution in [-0.4, -0.2) is 37.6 Å². The molecule has 8 nitrogen and oxygen atoms in total. The minimum atomic E-state index is -4.32. The minimum Gasteiger partial charge on any atom is -0.478 e. The van der Waals surface area contributed by atoms with E-state index in [1.54, 1.807) is 37.4 Å². The van der Waals surface area contributed by atoms with Gasteiger partial charge in [-0.15, -0.1) is 0 Å². The van der Waals surface area contributed by atoms with Crippen LogP contribution in [0.25, 0.3) is 11.0 Å². The molecule has 33 heavy (non-hydrogen) atoms. The number of aryl methyl sites for hydroxylation is 2. The number of fused-ring (bicyclic) bond motifs is 1. The Labute approximate surface area is 193 Å². The zero-order valence-electron chi connectivity index (χ0n) is 18.1. The Balaban J connectivity index is 1.92. The first-order valence-electron chi connectivity index (χ1n) is 9.97. The molecule has 2 aromatic carbocycles. The molecule has 1 unspecified atom stereocenters. The van der Waals surface area contributed by atoms with E-state index in [1.165, 1.54) is 12.1 Å². The van der Waals surface area contributed by atoms with Gasteiger partial charge in [0, 0.05) is 6.20 Å². The fraction of sp³-hybridized carbons (Fsp3) is 0.174. The highest BCUT2D eigenvalue weighted by molar-refractivity contribution is 7.91. The molecule has 0 saturated carbocycles.